The van der Waals surface area contributed by atoms with Gasteiger partial charge < -0.3 is 4.85 Å². The van der Waals surface area contributed by atoms with E-state index in [-0.39, 0.29) is 0 Å². The molecule has 0 atom stereocenters. The Balaban J connectivity index is 3.05. The second-order valence-corrected chi connectivity index (χ2v) is 1.97. The highest BCUT2D eigenvalue weighted by Gasteiger charge is 1.97. The number of hydrogen-bond donors (Lipinski definition) is 0. The van der Waals surface area contributed by atoms with Crippen molar-refractivity contribution in [1.29, 1.82) is 0 Å². The molecule has 0 radical (unpaired) electrons. The van der Waals surface area contributed by atoms with Gasteiger partial charge in [-0.1, -0.05) is 11.6 Å². The summed E-state index contributed by atoms with van der Waals surface area (Å²) in [6.45, 7) is 8.26. The monoisotopic (exact) mass is 125 g/mol. The minimum atomic E-state index is 0.419. The first kappa shape index (κ1) is 5.19. The van der Waals surface area contributed by atoms with Gasteiger partial charge >= 0.3 is 5.13 Å². The first-order valence-electron chi connectivity index (χ1n) is 2.00. The molecular formula is C4H3N3S. The van der Waals surface area contributed by atoms with Crippen molar-refractivity contribution in [2.45, 2.75) is 6.92 Å². The zero-order valence-corrected chi connectivity index (χ0v) is 5.07. The molecule has 1 aromatic heterocycles. The molecule has 4 heteroatoms. The summed E-state index contributed by atoms with van der Waals surface area (Å²) in [6.07, 6.45) is 0. The van der Waals surface area contributed by atoms with Crippen LogP contribution in [0.2, 0.25) is 0 Å². The Labute approximate surface area is 51.0 Å². The fraction of sp³-hybridized carbons (Fsp3) is 0.250. The lowest BCUT2D eigenvalue weighted by Gasteiger charge is -1.64. The maximum absolute atomic E-state index is 6.49. The second-order valence-electron chi connectivity index (χ2n) is 1.24. The minimum absolute atomic E-state index is 0.419. The van der Waals surface area contributed by atoms with Crippen molar-refractivity contribution >= 4 is 16.7 Å². The van der Waals surface area contributed by atoms with E-state index in [0.717, 1.165) is 11.5 Å². The van der Waals surface area contributed by atoms with Crippen molar-refractivity contribution < 1.29 is 0 Å². The third kappa shape index (κ3) is 0.820. The Kier molecular flexibility index (Phi) is 1.22. The molecule has 0 saturated heterocycles. The molecule has 0 unspecified atom stereocenters. The van der Waals surface area contributed by atoms with Crippen molar-refractivity contribution in [2.75, 3.05) is 0 Å². The molecule has 8 heavy (non-hydrogen) atoms. The van der Waals surface area contributed by atoms with Gasteiger partial charge in [0.25, 0.3) is 0 Å². The van der Waals surface area contributed by atoms with E-state index in [1.54, 1.807) is 6.92 Å². The summed E-state index contributed by atoms with van der Waals surface area (Å²) >= 11 is 1.13. The number of hydrogen-bond acceptors (Lipinski definition) is 3. The van der Waals surface area contributed by atoms with Gasteiger partial charge in [0.1, 0.15) is 0 Å². The van der Waals surface area contributed by atoms with Crippen LogP contribution < -0.4 is 0 Å². The average molecular weight is 125 g/mol. The van der Waals surface area contributed by atoms with Crippen LogP contribution in [0.15, 0.2) is 0 Å². The smallest absolute Gasteiger partial charge is 0.348 e. The molecule has 0 aliphatic carbocycles. The molecule has 1 rings (SSSR count). The molecule has 0 aliphatic rings. The fourth-order valence-electron chi connectivity index (χ4n) is 0.332. The van der Waals surface area contributed by atoms with Crippen LogP contribution in [-0.2, 0) is 0 Å². The third-order valence-corrected chi connectivity index (χ3v) is 1.31. The predicted molar refractivity (Wildman–Crippen MR) is 30.9 cm³/mol. The van der Waals surface area contributed by atoms with Gasteiger partial charge in [0.2, 0.25) is 5.82 Å². The van der Waals surface area contributed by atoms with Gasteiger partial charge in [-0.2, -0.15) is 4.37 Å². The van der Waals surface area contributed by atoms with Crippen molar-refractivity contribution in [3.63, 3.8) is 0 Å². The zero-order chi connectivity index (χ0) is 5.98. The fourth-order valence-corrected chi connectivity index (χ4v) is 0.800. The van der Waals surface area contributed by atoms with E-state index in [1.165, 1.54) is 0 Å². The third-order valence-electron chi connectivity index (χ3n) is 0.612. The van der Waals surface area contributed by atoms with Crippen molar-refractivity contribution in [2.24, 2.45) is 0 Å². The normalized spacial score (nSPS) is 8.50. The Hall–Kier alpha value is -0.950. The van der Waals surface area contributed by atoms with Crippen molar-refractivity contribution in [3.8, 4) is 0 Å². The maximum atomic E-state index is 6.49. The molecule has 0 amide bonds. The number of rotatable bonds is 0. The van der Waals surface area contributed by atoms with Crippen LogP contribution >= 0.6 is 11.5 Å². The Morgan fingerprint density at radius 1 is 1.75 bits per heavy atom. The quantitative estimate of drug-likeness (QED) is 0.490. The van der Waals surface area contributed by atoms with Gasteiger partial charge in [-0.15, -0.1) is 0 Å². The summed E-state index contributed by atoms with van der Waals surface area (Å²) in [6, 6.07) is 0. The summed E-state index contributed by atoms with van der Waals surface area (Å²) in [4.78, 5) is 6.87. The number of aromatic nitrogens is 2. The maximum Gasteiger partial charge on any atom is 0.348 e. The Morgan fingerprint density at radius 3 is 2.75 bits per heavy atom. The van der Waals surface area contributed by atoms with Gasteiger partial charge in [-0.05, 0) is 11.5 Å². The molecule has 0 saturated carbocycles. The van der Waals surface area contributed by atoms with Crippen LogP contribution in [0.25, 0.3) is 4.85 Å². The molecule has 1 aromatic rings. The van der Waals surface area contributed by atoms with Crippen LogP contribution in [0.4, 0.5) is 5.13 Å². The number of aryl methyl sites for hydroxylation is 1. The molecule has 1 heterocycles. The highest BCUT2D eigenvalue weighted by atomic mass is 32.1. The summed E-state index contributed by atoms with van der Waals surface area (Å²) in [5.41, 5.74) is 0. The highest BCUT2D eigenvalue weighted by Crippen LogP contribution is 2.12. The lowest BCUT2D eigenvalue weighted by Crippen LogP contribution is -1.67. The SMILES string of the molecule is [C-]#[N+]c1nc(C)ns1. The van der Waals surface area contributed by atoms with Gasteiger partial charge in [-0.25, -0.2) is 0 Å². The van der Waals surface area contributed by atoms with E-state index in [9.17, 15) is 0 Å². The largest absolute Gasteiger partial charge is 0.350 e. The van der Waals surface area contributed by atoms with E-state index in [2.05, 4.69) is 14.2 Å². The van der Waals surface area contributed by atoms with Crippen LogP contribution in [0, 0.1) is 13.5 Å². The van der Waals surface area contributed by atoms with Crippen LogP contribution in [0.3, 0.4) is 0 Å². The minimum Gasteiger partial charge on any atom is -0.350 e. The van der Waals surface area contributed by atoms with E-state index < -0.39 is 0 Å². The number of nitrogens with zero attached hydrogens (tertiary/aromatic N) is 3. The topological polar surface area (TPSA) is 30.1 Å². The Bertz CT molecular complexity index is 221. The molecule has 40 valence electrons. The molecule has 0 N–H and O–H groups in total. The molecule has 0 aromatic carbocycles. The molecule has 0 aliphatic heterocycles. The summed E-state index contributed by atoms with van der Waals surface area (Å²) in [5.74, 6) is 0.681. The van der Waals surface area contributed by atoms with E-state index >= 15 is 0 Å². The first-order valence-corrected chi connectivity index (χ1v) is 2.78. The van der Waals surface area contributed by atoms with Crippen LogP contribution in [0.5, 0.6) is 0 Å². The van der Waals surface area contributed by atoms with Crippen LogP contribution in [0.1, 0.15) is 5.82 Å². The first-order chi connectivity index (χ1) is 3.83. The Morgan fingerprint density at radius 2 is 2.50 bits per heavy atom. The average Bonchev–Trinajstić information content (AvgIpc) is 2.14. The molecule has 0 bridgehead atoms. The van der Waals surface area contributed by atoms with Gasteiger partial charge in [0.05, 0.1) is 0 Å². The van der Waals surface area contributed by atoms with Gasteiger partial charge in [0.15, 0.2) is 0 Å². The summed E-state index contributed by atoms with van der Waals surface area (Å²) < 4.78 is 3.80. The lowest BCUT2D eigenvalue weighted by atomic mass is 10.8. The van der Waals surface area contributed by atoms with Gasteiger partial charge in [0, 0.05) is 6.92 Å². The zero-order valence-electron chi connectivity index (χ0n) is 4.25. The second kappa shape index (κ2) is 1.88. The van der Waals surface area contributed by atoms with Crippen molar-refractivity contribution in [1.82, 2.24) is 9.36 Å². The summed E-state index contributed by atoms with van der Waals surface area (Å²) in [5, 5.41) is 0.419. The molecule has 0 spiro atoms. The van der Waals surface area contributed by atoms with E-state index in [4.69, 9.17) is 6.57 Å². The summed E-state index contributed by atoms with van der Waals surface area (Å²) in [7, 11) is 0. The molecule has 0 fully saturated rings. The van der Waals surface area contributed by atoms with Crippen molar-refractivity contribution in [3.05, 3.63) is 17.2 Å². The van der Waals surface area contributed by atoms with Gasteiger partial charge in [-0.3, -0.25) is 0 Å². The molecule has 3 nitrogen and oxygen atoms in total. The molecular weight excluding hydrogens is 122 g/mol. The van der Waals surface area contributed by atoms with E-state index in [1.807, 2.05) is 0 Å². The highest BCUT2D eigenvalue weighted by molar-refractivity contribution is 7.09. The standard InChI is InChI=1S/C4H3N3S/c1-3-6-4(5-2)8-7-3/h1H3. The van der Waals surface area contributed by atoms with E-state index in [0.29, 0.717) is 11.0 Å². The predicted octanol–water partition coefficient (Wildman–Crippen LogP) is 1.40. The lowest BCUT2D eigenvalue weighted by molar-refractivity contribution is 1.17. The van der Waals surface area contributed by atoms with Crippen LogP contribution in [-0.4, -0.2) is 9.36 Å².